The molecule has 5 unspecified atom stereocenters. The van der Waals surface area contributed by atoms with Gasteiger partial charge in [-0.1, -0.05) is 97.3 Å². The Morgan fingerprint density at radius 1 is 0.567 bits per heavy atom. The van der Waals surface area contributed by atoms with E-state index in [-0.39, 0.29) is 0 Å². The minimum atomic E-state index is -1.56. The average Bonchev–Trinajstić information content (AvgIpc) is 2.75. The van der Waals surface area contributed by atoms with Crippen molar-refractivity contribution in [3.05, 3.63) is 0 Å². The molecule has 0 radical (unpaired) electrons. The fourth-order valence-electron chi connectivity index (χ4n) is 3.68. The van der Waals surface area contributed by atoms with Crippen molar-refractivity contribution in [3.63, 3.8) is 0 Å². The van der Waals surface area contributed by atoms with E-state index < -0.39 is 37.1 Å². The molecule has 5 atom stereocenters. The summed E-state index contributed by atoms with van der Waals surface area (Å²) in [5, 5.41) is 50.3. The van der Waals surface area contributed by atoms with Crippen LogP contribution in [0.15, 0.2) is 0 Å². The van der Waals surface area contributed by atoms with Gasteiger partial charge in [-0.25, -0.2) is 0 Å². The molecule has 0 spiro atoms. The Morgan fingerprint density at radius 2 is 1.03 bits per heavy atom. The highest BCUT2D eigenvalue weighted by molar-refractivity contribution is 4.85. The molecule has 0 saturated carbocycles. The zero-order valence-electron chi connectivity index (χ0n) is 19.6. The smallest absolute Gasteiger partial charge is 0.111 e. The van der Waals surface area contributed by atoms with Gasteiger partial charge in [0.2, 0.25) is 0 Å². The Bertz CT molecular complexity index is 349. The highest BCUT2D eigenvalue weighted by Crippen LogP contribution is 2.16. The lowest BCUT2D eigenvalue weighted by molar-refractivity contribution is -0.154. The first-order valence-electron chi connectivity index (χ1n) is 12.4. The van der Waals surface area contributed by atoms with Crippen molar-refractivity contribution in [1.82, 2.24) is 0 Å². The SMILES string of the molecule is CCCCCCCCCOC(CO)C(O)C(O)C(O)C(O)CCCCCCCCC. The molecule has 5 N–H and O–H groups in total. The van der Waals surface area contributed by atoms with Gasteiger partial charge < -0.3 is 30.3 Å². The van der Waals surface area contributed by atoms with Crippen LogP contribution in [-0.4, -0.2) is 69.3 Å². The van der Waals surface area contributed by atoms with E-state index in [0.717, 1.165) is 38.5 Å². The summed E-state index contributed by atoms with van der Waals surface area (Å²) >= 11 is 0. The molecule has 6 nitrogen and oxygen atoms in total. The van der Waals surface area contributed by atoms with Gasteiger partial charge in [-0.15, -0.1) is 0 Å². The van der Waals surface area contributed by atoms with Gasteiger partial charge in [-0.2, -0.15) is 0 Å². The van der Waals surface area contributed by atoms with E-state index >= 15 is 0 Å². The monoisotopic (exact) mass is 434 g/mol. The summed E-state index contributed by atoms with van der Waals surface area (Å²) in [6, 6.07) is 0. The maximum atomic E-state index is 10.3. The van der Waals surface area contributed by atoms with Gasteiger partial charge in [0.25, 0.3) is 0 Å². The van der Waals surface area contributed by atoms with E-state index in [9.17, 15) is 25.5 Å². The van der Waals surface area contributed by atoms with Gasteiger partial charge in [-0.05, 0) is 12.8 Å². The number of aliphatic hydroxyl groups excluding tert-OH is 5. The Labute approximate surface area is 184 Å². The van der Waals surface area contributed by atoms with E-state index in [1.54, 1.807) is 0 Å². The molecule has 0 aliphatic rings. The van der Waals surface area contributed by atoms with Crippen molar-refractivity contribution in [1.29, 1.82) is 0 Å². The van der Waals surface area contributed by atoms with Crippen molar-refractivity contribution in [3.8, 4) is 0 Å². The number of rotatable bonds is 22. The summed E-state index contributed by atoms with van der Waals surface area (Å²) in [6.07, 6.45) is 9.50. The lowest BCUT2D eigenvalue weighted by Gasteiger charge is -2.30. The van der Waals surface area contributed by atoms with E-state index in [4.69, 9.17) is 4.74 Å². The third-order valence-electron chi connectivity index (χ3n) is 5.84. The number of aliphatic hydroxyl groups is 5. The van der Waals surface area contributed by atoms with Crippen LogP contribution in [0.2, 0.25) is 0 Å². The van der Waals surface area contributed by atoms with E-state index in [1.165, 1.54) is 51.4 Å². The molecule has 0 aliphatic carbocycles. The standard InChI is InChI=1S/C24H50O6/c1-3-5-7-9-11-13-15-17-20(26)22(27)24(29)23(28)21(19-25)30-18-16-14-12-10-8-6-4-2/h20-29H,3-19H2,1-2H3. The van der Waals surface area contributed by atoms with Gasteiger partial charge in [-0.3, -0.25) is 0 Å². The highest BCUT2D eigenvalue weighted by atomic mass is 16.5. The van der Waals surface area contributed by atoms with Crippen molar-refractivity contribution in [2.45, 2.75) is 141 Å². The third kappa shape index (κ3) is 14.7. The first kappa shape index (κ1) is 29.8. The molecule has 0 fully saturated rings. The van der Waals surface area contributed by atoms with Crippen molar-refractivity contribution in [2.75, 3.05) is 13.2 Å². The van der Waals surface area contributed by atoms with E-state index in [2.05, 4.69) is 13.8 Å². The van der Waals surface area contributed by atoms with Gasteiger partial charge in [0.15, 0.2) is 0 Å². The maximum absolute atomic E-state index is 10.3. The van der Waals surface area contributed by atoms with Gasteiger partial charge in [0, 0.05) is 6.61 Å². The zero-order valence-corrected chi connectivity index (χ0v) is 19.6. The summed E-state index contributed by atoms with van der Waals surface area (Å²) in [5.74, 6) is 0. The van der Waals surface area contributed by atoms with E-state index in [1.807, 2.05) is 0 Å². The molecule has 0 heterocycles. The third-order valence-corrected chi connectivity index (χ3v) is 5.84. The molecule has 0 aromatic rings. The van der Waals surface area contributed by atoms with Crippen LogP contribution >= 0.6 is 0 Å². The number of hydrogen-bond acceptors (Lipinski definition) is 6. The van der Waals surface area contributed by atoms with Crippen LogP contribution < -0.4 is 0 Å². The predicted octanol–water partition coefficient (Wildman–Crippen LogP) is 3.70. The van der Waals surface area contributed by atoms with Crippen molar-refractivity contribution in [2.24, 2.45) is 0 Å². The summed E-state index contributed by atoms with van der Waals surface area (Å²) in [6.45, 7) is 4.31. The van der Waals surface area contributed by atoms with Crippen LogP contribution in [0, 0.1) is 0 Å². The Kier molecular flexibility index (Phi) is 20.5. The van der Waals surface area contributed by atoms with E-state index in [0.29, 0.717) is 13.0 Å². The molecule has 0 bridgehead atoms. The fourth-order valence-corrected chi connectivity index (χ4v) is 3.68. The Balaban J connectivity index is 4.05. The van der Waals surface area contributed by atoms with Crippen LogP contribution in [0.1, 0.15) is 110 Å². The summed E-state index contributed by atoms with van der Waals surface area (Å²) in [7, 11) is 0. The fraction of sp³-hybridized carbons (Fsp3) is 1.00. The van der Waals surface area contributed by atoms with Crippen LogP contribution in [0.4, 0.5) is 0 Å². The number of unbranched alkanes of at least 4 members (excludes halogenated alkanes) is 12. The van der Waals surface area contributed by atoms with Crippen LogP contribution in [0.5, 0.6) is 0 Å². The first-order valence-corrected chi connectivity index (χ1v) is 12.4. The lowest BCUT2D eigenvalue weighted by atomic mass is 9.96. The predicted molar refractivity (Wildman–Crippen MR) is 121 cm³/mol. The number of hydrogen-bond donors (Lipinski definition) is 5. The van der Waals surface area contributed by atoms with Gasteiger partial charge >= 0.3 is 0 Å². The van der Waals surface area contributed by atoms with Crippen molar-refractivity contribution < 1.29 is 30.3 Å². The first-order chi connectivity index (χ1) is 14.5. The molecule has 30 heavy (non-hydrogen) atoms. The molecule has 0 aromatic heterocycles. The molecule has 182 valence electrons. The summed E-state index contributed by atoms with van der Waals surface area (Å²) in [5.41, 5.74) is 0. The molecule has 0 aromatic carbocycles. The lowest BCUT2D eigenvalue weighted by Crippen LogP contribution is -2.50. The molecular weight excluding hydrogens is 384 g/mol. The zero-order chi connectivity index (χ0) is 22.6. The molecule has 0 rings (SSSR count). The quantitative estimate of drug-likeness (QED) is 0.166. The molecule has 0 aliphatic heterocycles. The summed E-state index contributed by atoms with van der Waals surface area (Å²) < 4.78 is 5.52. The topological polar surface area (TPSA) is 110 Å². The maximum Gasteiger partial charge on any atom is 0.111 e. The second-order valence-corrected chi connectivity index (χ2v) is 8.66. The highest BCUT2D eigenvalue weighted by Gasteiger charge is 2.35. The minimum Gasteiger partial charge on any atom is -0.394 e. The van der Waals surface area contributed by atoms with Crippen LogP contribution in [-0.2, 0) is 4.74 Å². The second-order valence-electron chi connectivity index (χ2n) is 8.66. The normalized spacial score (nSPS) is 16.9. The molecular formula is C24H50O6. The Morgan fingerprint density at radius 3 is 1.53 bits per heavy atom. The van der Waals surface area contributed by atoms with Crippen molar-refractivity contribution >= 4 is 0 Å². The van der Waals surface area contributed by atoms with Crippen LogP contribution in [0.3, 0.4) is 0 Å². The Hall–Kier alpha value is -0.240. The largest absolute Gasteiger partial charge is 0.394 e. The second kappa shape index (κ2) is 20.7. The molecule has 6 heteroatoms. The summed E-state index contributed by atoms with van der Waals surface area (Å²) in [4.78, 5) is 0. The van der Waals surface area contributed by atoms with Gasteiger partial charge in [0.1, 0.15) is 24.4 Å². The minimum absolute atomic E-state index is 0.376. The molecule has 0 amide bonds. The number of ether oxygens (including phenoxy) is 1. The van der Waals surface area contributed by atoms with Crippen LogP contribution in [0.25, 0.3) is 0 Å². The molecule has 0 saturated heterocycles. The average molecular weight is 435 g/mol. The van der Waals surface area contributed by atoms with Gasteiger partial charge in [0.05, 0.1) is 12.7 Å².